The molecule has 1 rings (SSSR count). The number of carboxylic acid groups (broad SMARTS) is 1. The number of hydrogen-bond acceptors (Lipinski definition) is 3. The molecule has 3 N–H and O–H groups in total. The van der Waals surface area contributed by atoms with Gasteiger partial charge in [0.2, 0.25) is 5.91 Å². The van der Waals surface area contributed by atoms with E-state index >= 15 is 0 Å². The topological polar surface area (TPSA) is 98.7 Å². The van der Waals surface area contributed by atoms with Crippen molar-refractivity contribution in [2.75, 3.05) is 13.6 Å². The van der Waals surface area contributed by atoms with E-state index in [-0.39, 0.29) is 11.9 Å². The summed E-state index contributed by atoms with van der Waals surface area (Å²) in [4.78, 5) is 35.7. The van der Waals surface area contributed by atoms with Crippen LogP contribution in [0.2, 0.25) is 0 Å². The Morgan fingerprint density at radius 1 is 1.50 bits per heavy atom. The number of unbranched alkanes of at least 4 members (excludes halogenated alkanes) is 1. The molecule has 1 saturated heterocycles. The van der Waals surface area contributed by atoms with Crippen LogP contribution in [0, 0.1) is 0 Å². The van der Waals surface area contributed by atoms with Crippen LogP contribution in [0.5, 0.6) is 0 Å². The highest BCUT2D eigenvalue weighted by Gasteiger charge is 2.25. The third kappa shape index (κ3) is 5.07. The summed E-state index contributed by atoms with van der Waals surface area (Å²) in [5, 5.41) is 14.2. The van der Waals surface area contributed by atoms with Crippen LogP contribution in [0.4, 0.5) is 4.79 Å². The van der Waals surface area contributed by atoms with Gasteiger partial charge in [-0.2, -0.15) is 0 Å². The van der Waals surface area contributed by atoms with E-state index < -0.39 is 18.0 Å². The van der Waals surface area contributed by atoms with Crippen LogP contribution in [-0.2, 0) is 9.59 Å². The molecule has 1 aliphatic rings. The molecule has 20 heavy (non-hydrogen) atoms. The molecule has 7 nitrogen and oxygen atoms in total. The largest absolute Gasteiger partial charge is 0.480 e. The fraction of sp³-hybridized carbons (Fsp3) is 0.769. The minimum Gasteiger partial charge on any atom is -0.480 e. The van der Waals surface area contributed by atoms with Gasteiger partial charge < -0.3 is 20.6 Å². The predicted octanol–water partition coefficient (Wildman–Crippen LogP) is 0.550. The van der Waals surface area contributed by atoms with Gasteiger partial charge in [0, 0.05) is 26.1 Å². The standard InChI is InChI=1S/C13H23N3O4/c1-3-4-5-10(12(18)19)15-13(20)14-9-6-7-11(17)16(2)8-9/h9-10H,3-8H2,1-2H3,(H,18,19)(H2,14,15,20). The first-order valence-electron chi connectivity index (χ1n) is 6.97. The molecule has 1 aliphatic heterocycles. The van der Waals surface area contributed by atoms with Crippen molar-refractivity contribution in [1.29, 1.82) is 0 Å². The first kappa shape index (κ1) is 16.3. The van der Waals surface area contributed by atoms with Crippen LogP contribution in [0.1, 0.15) is 39.0 Å². The van der Waals surface area contributed by atoms with Crippen LogP contribution in [0.15, 0.2) is 0 Å². The zero-order chi connectivity index (χ0) is 15.1. The Morgan fingerprint density at radius 3 is 2.75 bits per heavy atom. The van der Waals surface area contributed by atoms with Gasteiger partial charge in [0.15, 0.2) is 0 Å². The Balaban J connectivity index is 2.41. The highest BCUT2D eigenvalue weighted by molar-refractivity contribution is 5.83. The van der Waals surface area contributed by atoms with Crippen molar-refractivity contribution in [3.05, 3.63) is 0 Å². The van der Waals surface area contributed by atoms with Crippen molar-refractivity contribution in [2.45, 2.75) is 51.1 Å². The number of carbonyl (C=O) groups is 3. The predicted molar refractivity (Wildman–Crippen MR) is 73.3 cm³/mol. The number of likely N-dealkylation sites (N-methyl/N-ethyl adjacent to an activating group) is 1. The second-order valence-corrected chi connectivity index (χ2v) is 5.16. The van der Waals surface area contributed by atoms with Gasteiger partial charge in [-0.25, -0.2) is 9.59 Å². The van der Waals surface area contributed by atoms with Crippen molar-refractivity contribution in [2.24, 2.45) is 0 Å². The van der Waals surface area contributed by atoms with Crippen molar-refractivity contribution in [1.82, 2.24) is 15.5 Å². The molecule has 0 aliphatic carbocycles. The summed E-state index contributed by atoms with van der Waals surface area (Å²) >= 11 is 0. The Kier molecular flexibility index (Phi) is 6.27. The summed E-state index contributed by atoms with van der Waals surface area (Å²) in [5.74, 6) is -0.959. The molecule has 0 spiro atoms. The van der Waals surface area contributed by atoms with Crippen molar-refractivity contribution in [3.63, 3.8) is 0 Å². The first-order valence-corrected chi connectivity index (χ1v) is 6.97. The highest BCUT2D eigenvalue weighted by Crippen LogP contribution is 2.09. The van der Waals surface area contributed by atoms with Crippen LogP contribution < -0.4 is 10.6 Å². The van der Waals surface area contributed by atoms with Crippen molar-refractivity contribution in [3.8, 4) is 0 Å². The molecule has 1 heterocycles. The average molecular weight is 285 g/mol. The van der Waals surface area contributed by atoms with Gasteiger partial charge in [0.05, 0.1) is 0 Å². The Morgan fingerprint density at radius 2 is 2.20 bits per heavy atom. The van der Waals surface area contributed by atoms with E-state index in [0.717, 1.165) is 12.8 Å². The molecule has 0 bridgehead atoms. The summed E-state index contributed by atoms with van der Waals surface area (Å²) in [6.45, 7) is 2.42. The summed E-state index contributed by atoms with van der Waals surface area (Å²) in [6, 6.07) is -1.47. The van der Waals surface area contributed by atoms with Crippen molar-refractivity contribution < 1.29 is 19.5 Å². The zero-order valence-electron chi connectivity index (χ0n) is 12.0. The van der Waals surface area contributed by atoms with Gasteiger partial charge in [-0.15, -0.1) is 0 Å². The lowest BCUT2D eigenvalue weighted by Crippen LogP contribution is -2.53. The Bertz CT molecular complexity index is 373. The SMILES string of the molecule is CCCCC(NC(=O)NC1CCC(=O)N(C)C1)C(=O)O. The lowest BCUT2D eigenvalue weighted by atomic mass is 10.1. The molecule has 0 aromatic carbocycles. The summed E-state index contributed by atoms with van der Waals surface area (Å²) in [5.41, 5.74) is 0. The molecule has 2 unspecified atom stereocenters. The second-order valence-electron chi connectivity index (χ2n) is 5.16. The molecule has 114 valence electrons. The summed E-state index contributed by atoms with van der Waals surface area (Å²) in [7, 11) is 1.69. The summed E-state index contributed by atoms with van der Waals surface area (Å²) < 4.78 is 0. The molecule has 2 atom stereocenters. The van der Waals surface area contributed by atoms with Gasteiger partial charge in [-0.1, -0.05) is 19.8 Å². The van der Waals surface area contributed by atoms with E-state index in [1.807, 2.05) is 6.92 Å². The Hall–Kier alpha value is -1.79. The van der Waals surface area contributed by atoms with Crippen molar-refractivity contribution >= 4 is 17.9 Å². The van der Waals surface area contributed by atoms with Gasteiger partial charge in [0.1, 0.15) is 6.04 Å². The minimum atomic E-state index is -1.02. The van der Waals surface area contributed by atoms with Crippen LogP contribution in [0.3, 0.4) is 0 Å². The van der Waals surface area contributed by atoms with E-state index in [2.05, 4.69) is 10.6 Å². The molecule has 3 amide bonds. The smallest absolute Gasteiger partial charge is 0.326 e. The number of carboxylic acids is 1. The van der Waals surface area contributed by atoms with Gasteiger partial charge >= 0.3 is 12.0 Å². The van der Waals surface area contributed by atoms with Gasteiger partial charge in [0.25, 0.3) is 0 Å². The monoisotopic (exact) mass is 285 g/mol. The quantitative estimate of drug-likeness (QED) is 0.663. The number of nitrogens with one attached hydrogen (secondary N) is 2. The number of amides is 3. The highest BCUT2D eigenvalue weighted by atomic mass is 16.4. The third-order valence-electron chi connectivity index (χ3n) is 3.41. The maximum atomic E-state index is 11.8. The van der Waals surface area contributed by atoms with Crippen LogP contribution >= 0.6 is 0 Å². The van der Waals surface area contributed by atoms with E-state index in [1.54, 1.807) is 11.9 Å². The van der Waals surface area contributed by atoms with Gasteiger partial charge in [-0.05, 0) is 12.8 Å². The number of hydrogen-bond donors (Lipinski definition) is 3. The van der Waals surface area contributed by atoms with E-state index in [4.69, 9.17) is 5.11 Å². The Labute approximate surface area is 118 Å². The molecule has 7 heteroatoms. The number of piperidine rings is 1. The maximum absolute atomic E-state index is 11.8. The third-order valence-corrected chi connectivity index (χ3v) is 3.41. The second kappa shape index (κ2) is 7.72. The van der Waals surface area contributed by atoms with E-state index in [0.29, 0.717) is 25.8 Å². The molecule has 0 aromatic heterocycles. The number of urea groups is 1. The van der Waals surface area contributed by atoms with E-state index in [1.165, 1.54) is 0 Å². The lowest BCUT2D eigenvalue weighted by molar-refractivity contribution is -0.139. The van der Waals surface area contributed by atoms with Crippen LogP contribution in [-0.4, -0.2) is 53.6 Å². The lowest BCUT2D eigenvalue weighted by Gasteiger charge is -2.30. The normalized spacial score (nSPS) is 20.4. The first-order chi connectivity index (χ1) is 9.43. The minimum absolute atomic E-state index is 0.0646. The number of nitrogens with zero attached hydrogens (tertiary/aromatic N) is 1. The number of carbonyl (C=O) groups excluding carboxylic acids is 2. The molecule has 0 saturated carbocycles. The number of rotatable bonds is 6. The molecule has 0 radical (unpaired) electrons. The molecule has 0 aromatic rings. The molecule has 1 fully saturated rings. The number of aliphatic carboxylic acids is 1. The fourth-order valence-electron chi connectivity index (χ4n) is 2.18. The fourth-order valence-corrected chi connectivity index (χ4v) is 2.18. The average Bonchev–Trinajstić information content (AvgIpc) is 2.38. The van der Waals surface area contributed by atoms with Gasteiger partial charge in [-0.3, -0.25) is 4.79 Å². The number of likely N-dealkylation sites (tertiary alicyclic amines) is 1. The zero-order valence-corrected chi connectivity index (χ0v) is 12.0. The maximum Gasteiger partial charge on any atom is 0.326 e. The van der Waals surface area contributed by atoms with E-state index in [9.17, 15) is 14.4 Å². The van der Waals surface area contributed by atoms with Crippen LogP contribution in [0.25, 0.3) is 0 Å². The molecular formula is C13H23N3O4. The summed E-state index contributed by atoms with van der Waals surface area (Å²) in [6.07, 6.45) is 3.03. The molecular weight excluding hydrogens is 262 g/mol.